The minimum absolute atomic E-state index is 0.217. The third kappa shape index (κ3) is 5.92. The summed E-state index contributed by atoms with van der Waals surface area (Å²) >= 11 is 0. The molecule has 2 aromatic carbocycles. The van der Waals surface area contributed by atoms with Gasteiger partial charge in [0.2, 0.25) is 0 Å². The predicted molar refractivity (Wildman–Crippen MR) is 102 cm³/mol. The Hall–Kier alpha value is -2.82. The molecular weight excluding hydrogens is 330 g/mol. The highest BCUT2D eigenvalue weighted by Crippen LogP contribution is 2.16. The maximum absolute atomic E-state index is 12.3. The van der Waals surface area contributed by atoms with Gasteiger partial charge in [-0.25, -0.2) is 4.79 Å². The molecule has 1 amide bonds. The summed E-state index contributed by atoms with van der Waals surface area (Å²) in [4.78, 5) is 23.7. The maximum Gasteiger partial charge on any atom is 0.337 e. The largest absolute Gasteiger partial charge is 0.494 e. The fourth-order valence-electron chi connectivity index (χ4n) is 2.43. The normalized spacial score (nSPS) is 10.2. The first kappa shape index (κ1) is 19.5. The molecule has 0 aliphatic rings. The number of benzene rings is 2. The number of unbranched alkanes of at least 4 members (excludes halogenated alkanes) is 3. The zero-order valence-corrected chi connectivity index (χ0v) is 15.3. The van der Waals surface area contributed by atoms with Crippen molar-refractivity contribution in [2.75, 3.05) is 19.0 Å². The molecule has 0 unspecified atom stereocenters. The van der Waals surface area contributed by atoms with Gasteiger partial charge in [0, 0.05) is 11.3 Å². The zero-order chi connectivity index (χ0) is 18.8. The van der Waals surface area contributed by atoms with Crippen molar-refractivity contribution in [3.8, 4) is 5.75 Å². The molecular formula is C21H25NO4. The summed E-state index contributed by atoms with van der Waals surface area (Å²) < 4.78 is 10.3. The Labute approximate surface area is 154 Å². The quantitative estimate of drug-likeness (QED) is 0.524. The first-order chi connectivity index (χ1) is 12.6. The molecule has 5 nitrogen and oxygen atoms in total. The van der Waals surface area contributed by atoms with Gasteiger partial charge < -0.3 is 14.8 Å². The van der Waals surface area contributed by atoms with Crippen LogP contribution >= 0.6 is 0 Å². The van der Waals surface area contributed by atoms with E-state index in [1.54, 1.807) is 48.5 Å². The van der Waals surface area contributed by atoms with Crippen molar-refractivity contribution in [3.05, 3.63) is 59.7 Å². The summed E-state index contributed by atoms with van der Waals surface area (Å²) in [6.07, 6.45) is 4.64. The lowest BCUT2D eigenvalue weighted by molar-refractivity contribution is 0.0600. The molecule has 0 heterocycles. The predicted octanol–water partition coefficient (Wildman–Crippen LogP) is 4.68. The number of nitrogens with one attached hydrogen (secondary N) is 1. The molecule has 0 saturated carbocycles. The first-order valence-electron chi connectivity index (χ1n) is 8.86. The SMILES string of the molecule is CCCCCCOc1ccc(C(=O)Nc2ccc(C(=O)OC)cc2)cc1. The fourth-order valence-corrected chi connectivity index (χ4v) is 2.43. The zero-order valence-electron chi connectivity index (χ0n) is 15.3. The topological polar surface area (TPSA) is 64.6 Å². The summed E-state index contributed by atoms with van der Waals surface area (Å²) in [5, 5.41) is 2.80. The van der Waals surface area contributed by atoms with Crippen molar-refractivity contribution in [3.63, 3.8) is 0 Å². The van der Waals surface area contributed by atoms with Gasteiger partial charge in [0.1, 0.15) is 5.75 Å². The van der Waals surface area contributed by atoms with Crippen LogP contribution in [0.1, 0.15) is 53.3 Å². The molecule has 0 radical (unpaired) electrons. The number of amides is 1. The summed E-state index contributed by atoms with van der Waals surface area (Å²) in [7, 11) is 1.33. The third-order valence-corrected chi connectivity index (χ3v) is 3.95. The van der Waals surface area contributed by atoms with Crippen LogP contribution < -0.4 is 10.1 Å². The van der Waals surface area contributed by atoms with E-state index in [0.717, 1.165) is 12.2 Å². The van der Waals surface area contributed by atoms with Gasteiger partial charge in [-0.2, -0.15) is 0 Å². The van der Waals surface area contributed by atoms with Crippen LogP contribution in [0.3, 0.4) is 0 Å². The first-order valence-corrected chi connectivity index (χ1v) is 8.86. The van der Waals surface area contributed by atoms with Crippen LogP contribution in [0.2, 0.25) is 0 Å². The van der Waals surface area contributed by atoms with Crippen LogP contribution in [-0.2, 0) is 4.74 Å². The Balaban J connectivity index is 1.86. The minimum Gasteiger partial charge on any atom is -0.494 e. The smallest absolute Gasteiger partial charge is 0.337 e. The van der Waals surface area contributed by atoms with Crippen LogP contribution in [0.15, 0.2) is 48.5 Å². The van der Waals surface area contributed by atoms with E-state index in [2.05, 4.69) is 17.0 Å². The molecule has 0 spiro atoms. The maximum atomic E-state index is 12.3. The monoisotopic (exact) mass is 355 g/mol. The second-order valence-electron chi connectivity index (χ2n) is 5.96. The average Bonchev–Trinajstić information content (AvgIpc) is 2.68. The lowest BCUT2D eigenvalue weighted by Crippen LogP contribution is -2.12. The molecule has 138 valence electrons. The highest BCUT2D eigenvalue weighted by molar-refractivity contribution is 6.04. The van der Waals surface area contributed by atoms with Crippen LogP contribution in [0.25, 0.3) is 0 Å². The highest BCUT2D eigenvalue weighted by atomic mass is 16.5. The summed E-state index contributed by atoms with van der Waals surface area (Å²) in [6, 6.07) is 13.6. The Kier molecular flexibility index (Phi) is 7.68. The lowest BCUT2D eigenvalue weighted by atomic mass is 10.1. The van der Waals surface area contributed by atoms with Gasteiger partial charge >= 0.3 is 5.97 Å². The molecule has 0 fully saturated rings. The molecule has 0 aliphatic carbocycles. The van der Waals surface area contributed by atoms with Gasteiger partial charge in [-0.1, -0.05) is 26.2 Å². The van der Waals surface area contributed by atoms with Gasteiger partial charge in [0.15, 0.2) is 0 Å². The standard InChI is InChI=1S/C21H25NO4/c1-3-4-5-6-15-26-19-13-9-16(10-14-19)20(23)22-18-11-7-17(8-12-18)21(24)25-2/h7-14H,3-6,15H2,1-2H3,(H,22,23). The van der Waals surface area contributed by atoms with E-state index in [9.17, 15) is 9.59 Å². The molecule has 0 bridgehead atoms. The van der Waals surface area contributed by atoms with Crippen molar-refractivity contribution < 1.29 is 19.1 Å². The number of hydrogen-bond donors (Lipinski definition) is 1. The summed E-state index contributed by atoms with van der Waals surface area (Å²) in [6.45, 7) is 2.87. The highest BCUT2D eigenvalue weighted by Gasteiger charge is 2.08. The number of rotatable bonds is 9. The van der Waals surface area contributed by atoms with Crippen molar-refractivity contribution in [1.29, 1.82) is 0 Å². The van der Waals surface area contributed by atoms with Gasteiger partial charge in [0.05, 0.1) is 19.3 Å². The van der Waals surface area contributed by atoms with Crippen molar-refractivity contribution in [2.45, 2.75) is 32.6 Å². The molecule has 0 aliphatic heterocycles. The molecule has 5 heteroatoms. The number of anilines is 1. The molecule has 1 N–H and O–H groups in total. The van der Waals surface area contributed by atoms with Crippen molar-refractivity contribution >= 4 is 17.6 Å². The van der Waals surface area contributed by atoms with E-state index in [4.69, 9.17) is 4.74 Å². The van der Waals surface area contributed by atoms with Crippen LogP contribution in [0, 0.1) is 0 Å². The van der Waals surface area contributed by atoms with Gasteiger partial charge in [-0.3, -0.25) is 4.79 Å². The second-order valence-corrected chi connectivity index (χ2v) is 5.96. The van der Waals surface area contributed by atoms with Crippen LogP contribution in [0.5, 0.6) is 5.75 Å². The molecule has 2 rings (SSSR count). The number of carbonyl (C=O) groups is 2. The van der Waals surface area contributed by atoms with E-state index in [0.29, 0.717) is 23.4 Å². The Morgan fingerprint density at radius 2 is 1.54 bits per heavy atom. The summed E-state index contributed by atoms with van der Waals surface area (Å²) in [5.74, 6) is 0.138. The number of esters is 1. The van der Waals surface area contributed by atoms with E-state index >= 15 is 0 Å². The van der Waals surface area contributed by atoms with Gasteiger partial charge in [0.25, 0.3) is 5.91 Å². The molecule has 0 saturated heterocycles. The summed E-state index contributed by atoms with van der Waals surface area (Å²) in [5.41, 5.74) is 1.59. The molecule has 0 atom stereocenters. The second kappa shape index (κ2) is 10.2. The number of ether oxygens (including phenoxy) is 2. The van der Waals surface area contributed by atoms with Gasteiger partial charge in [-0.15, -0.1) is 0 Å². The van der Waals surface area contributed by atoms with E-state index in [1.165, 1.54) is 26.4 Å². The van der Waals surface area contributed by atoms with Crippen molar-refractivity contribution in [1.82, 2.24) is 0 Å². The van der Waals surface area contributed by atoms with Crippen LogP contribution in [-0.4, -0.2) is 25.6 Å². The van der Waals surface area contributed by atoms with E-state index in [-0.39, 0.29) is 5.91 Å². The van der Waals surface area contributed by atoms with E-state index in [1.807, 2.05) is 0 Å². The average molecular weight is 355 g/mol. The Morgan fingerprint density at radius 3 is 2.15 bits per heavy atom. The number of hydrogen-bond acceptors (Lipinski definition) is 4. The lowest BCUT2D eigenvalue weighted by Gasteiger charge is -2.08. The minimum atomic E-state index is -0.409. The fraction of sp³-hybridized carbons (Fsp3) is 0.333. The number of carbonyl (C=O) groups excluding carboxylic acids is 2. The molecule has 2 aromatic rings. The number of methoxy groups -OCH3 is 1. The molecule has 26 heavy (non-hydrogen) atoms. The van der Waals surface area contributed by atoms with Gasteiger partial charge in [-0.05, 0) is 55.0 Å². The molecule has 0 aromatic heterocycles. The van der Waals surface area contributed by atoms with Crippen molar-refractivity contribution in [2.24, 2.45) is 0 Å². The third-order valence-electron chi connectivity index (χ3n) is 3.95. The van der Waals surface area contributed by atoms with E-state index < -0.39 is 5.97 Å². The Morgan fingerprint density at radius 1 is 0.885 bits per heavy atom. The Bertz CT molecular complexity index is 708. The van der Waals surface area contributed by atoms with Crippen LogP contribution in [0.4, 0.5) is 5.69 Å².